The van der Waals surface area contributed by atoms with Gasteiger partial charge in [-0.2, -0.15) is 0 Å². The van der Waals surface area contributed by atoms with Crippen LogP contribution in [0.25, 0.3) is 0 Å². The van der Waals surface area contributed by atoms with Gasteiger partial charge >= 0.3 is 0 Å². The first-order valence-corrected chi connectivity index (χ1v) is 12.0. The van der Waals surface area contributed by atoms with Gasteiger partial charge in [-0.05, 0) is 43.4 Å². The maximum Gasteiger partial charge on any atom is 0.182 e. The van der Waals surface area contributed by atoms with Crippen LogP contribution in [0.15, 0.2) is 35.2 Å². The Kier molecular flexibility index (Phi) is 6.15. The van der Waals surface area contributed by atoms with Gasteiger partial charge < -0.3 is 9.47 Å². The fourth-order valence-electron chi connectivity index (χ4n) is 4.66. The molecular weight excluding hydrogens is 443 g/mol. The first-order chi connectivity index (χ1) is 15.1. The Morgan fingerprint density at radius 3 is 2.34 bits per heavy atom. The van der Waals surface area contributed by atoms with Crippen molar-refractivity contribution in [3.05, 3.63) is 53.1 Å². The summed E-state index contributed by atoms with van der Waals surface area (Å²) in [6.45, 7) is 0.998. The molecule has 2 heterocycles. The molecule has 9 heteroatoms. The standard InChI is InChI=1S/C23H26F3NO4S/c1-30-20-10-16-9-18(32(28,29)22(16)12-21(20)31-2)13-23(26)5-7-27(8-6-23)14-15-3-4-17(24)11-19(15)25/h3-4,10-12,18H,5-9,13-14H2,1-2H3. The number of ether oxygens (including phenoxy) is 2. The van der Waals surface area contributed by atoms with Gasteiger partial charge in [0, 0.05) is 37.3 Å². The number of hydrogen-bond acceptors (Lipinski definition) is 5. The average molecular weight is 470 g/mol. The van der Waals surface area contributed by atoms with Gasteiger partial charge in [-0.3, -0.25) is 4.90 Å². The summed E-state index contributed by atoms with van der Waals surface area (Å²) in [5.41, 5.74) is -0.652. The molecule has 1 saturated heterocycles. The Balaban J connectivity index is 1.43. The molecule has 4 rings (SSSR count). The van der Waals surface area contributed by atoms with E-state index in [0.717, 1.165) is 6.07 Å². The second kappa shape index (κ2) is 8.59. The third-order valence-corrected chi connectivity index (χ3v) is 8.72. The molecule has 2 aliphatic rings. The van der Waals surface area contributed by atoms with Gasteiger partial charge in [0.15, 0.2) is 21.3 Å². The second-order valence-electron chi connectivity index (χ2n) is 8.55. The van der Waals surface area contributed by atoms with Crippen LogP contribution in [0.2, 0.25) is 0 Å². The fraction of sp³-hybridized carbons (Fsp3) is 0.478. The highest BCUT2D eigenvalue weighted by Gasteiger charge is 2.45. The van der Waals surface area contributed by atoms with Crippen molar-refractivity contribution in [2.45, 2.75) is 48.0 Å². The van der Waals surface area contributed by atoms with E-state index >= 15 is 4.39 Å². The van der Waals surface area contributed by atoms with E-state index in [-0.39, 0.29) is 37.1 Å². The SMILES string of the molecule is COc1cc2c(cc1OC)S(=O)(=O)C(CC1(F)CCN(Cc3ccc(F)cc3F)CC1)C2. The maximum absolute atomic E-state index is 15.7. The summed E-state index contributed by atoms with van der Waals surface area (Å²) in [6.07, 6.45) is 0.456. The number of sulfone groups is 1. The minimum atomic E-state index is -3.69. The normalized spacial score (nSPS) is 21.8. The predicted octanol–water partition coefficient (Wildman–Crippen LogP) is 4.07. The van der Waals surface area contributed by atoms with Gasteiger partial charge in [0.05, 0.1) is 24.4 Å². The lowest BCUT2D eigenvalue weighted by atomic mass is 9.87. The number of fused-ring (bicyclic) bond motifs is 1. The summed E-state index contributed by atoms with van der Waals surface area (Å²) in [5, 5.41) is -0.847. The monoisotopic (exact) mass is 469 g/mol. The largest absolute Gasteiger partial charge is 0.493 e. The van der Waals surface area contributed by atoms with Crippen LogP contribution in [0, 0.1) is 11.6 Å². The van der Waals surface area contributed by atoms with E-state index in [1.54, 1.807) is 6.07 Å². The Labute approximate surface area is 186 Å². The third kappa shape index (κ3) is 4.32. The summed E-state index contributed by atoms with van der Waals surface area (Å²) >= 11 is 0. The van der Waals surface area contributed by atoms with Crippen LogP contribution in [-0.2, 0) is 22.8 Å². The predicted molar refractivity (Wildman–Crippen MR) is 114 cm³/mol. The molecule has 0 amide bonds. The van der Waals surface area contributed by atoms with Crippen LogP contribution in [0.5, 0.6) is 11.5 Å². The maximum atomic E-state index is 15.7. The second-order valence-corrected chi connectivity index (χ2v) is 10.7. The molecule has 0 saturated carbocycles. The molecule has 5 nitrogen and oxygen atoms in total. The first-order valence-electron chi connectivity index (χ1n) is 10.5. The van der Waals surface area contributed by atoms with Crippen LogP contribution in [0.1, 0.15) is 30.4 Å². The van der Waals surface area contributed by atoms with Crippen molar-refractivity contribution in [2.24, 2.45) is 0 Å². The summed E-state index contributed by atoms with van der Waals surface area (Å²) < 4.78 is 79.4. The minimum absolute atomic E-state index is 0.0899. The van der Waals surface area contributed by atoms with E-state index in [4.69, 9.17) is 9.47 Å². The molecule has 174 valence electrons. The molecule has 2 aromatic rings. The van der Waals surface area contributed by atoms with Crippen LogP contribution in [0.4, 0.5) is 13.2 Å². The zero-order chi connectivity index (χ0) is 23.1. The van der Waals surface area contributed by atoms with Gasteiger partial charge in [0.25, 0.3) is 0 Å². The van der Waals surface area contributed by atoms with Crippen molar-refractivity contribution in [3.8, 4) is 11.5 Å². The molecule has 1 atom stereocenters. The average Bonchev–Trinajstić information content (AvgIpc) is 2.99. The molecule has 32 heavy (non-hydrogen) atoms. The molecule has 0 aliphatic carbocycles. The lowest BCUT2D eigenvalue weighted by molar-refractivity contribution is 0.0467. The van der Waals surface area contributed by atoms with Crippen molar-refractivity contribution >= 4 is 9.84 Å². The molecule has 2 aromatic carbocycles. The van der Waals surface area contributed by atoms with Crippen molar-refractivity contribution < 1.29 is 31.1 Å². The minimum Gasteiger partial charge on any atom is -0.493 e. The highest BCUT2D eigenvalue weighted by atomic mass is 32.2. The number of likely N-dealkylation sites (tertiary alicyclic amines) is 1. The molecule has 1 fully saturated rings. The van der Waals surface area contributed by atoms with E-state index < -0.39 is 32.4 Å². The van der Waals surface area contributed by atoms with Crippen molar-refractivity contribution in [1.82, 2.24) is 4.90 Å². The molecule has 0 bridgehead atoms. The zero-order valence-electron chi connectivity index (χ0n) is 18.0. The summed E-state index contributed by atoms with van der Waals surface area (Å²) in [6, 6.07) is 6.54. The van der Waals surface area contributed by atoms with Gasteiger partial charge in [-0.15, -0.1) is 0 Å². The van der Waals surface area contributed by atoms with Crippen molar-refractivity contribution in [1.29, 1.82) is 0 Å². The molecule has 1 unspecified atom stereocenters. The van der Waals surface area contributed by atoms with Crippen LogP contribution < -0.4 is 9.47 Å². The lowest BCUT2D eigenvalue weighted by Crippen LogP contribution is -2.44. The molecule has 2 aliphatic heterocycles. The first kappa shape index (κ1) is 22.9. The fourth-order valence-corrected chi connectivity index (χ4v) is 6.71. The number of alkyl halides is 1. The Bertz CT molecular complexity index is 1110. The van der Waals surface area contributed by atoms with E-state index in [2.05, 4.69) is 0 Å². The van der Waals surface area contributed by atoms with E-state index in [1.165, 1.54) is 32.4 Å². The highest BCUT2D eigenvalue weighted by molar-refractivity contribution is 7.92. The zero-order valence-corrected chi connectivity index (χ0v) is 18.9. The van der Waals surface area contributed by atoms with E-state index in [1.807, 2.05) is 4.90 Å². The number of halogens is 3. The molecule has 0 spiro atoms. The number of methoxy groups -OCH3 is 2. The van der Waals surface area contributed by atoms with E-state index in [0.29, 0.717) is 35.7 Å². The Morgan fingerprint density at radius 2 is 1.72 bits per heavy atom. The number of rotatable bonds is 6. The summed E-state index contributed by atoms with van der Waals surface area (Å²) in [5.74, 6) is -0.491. The van der Waals surface area contributed by atoms with Crippen molar-refractivity contribution in [2.75, 3.05) is 27.3 Å². The Morgan fingerprint density at radius 1 is 1.06 bits per heavy atom. The van der Waals surface area contributed by atoms with Crippen LogP contribution in [0.3, 0.4) is 0 Å². The molecule has 0 radical (unpaired) electrons. The van der Waals surface area contributed by atoms with Crippen LogP contribution >= 0.6 is 0 Å². The molecule has 0 aromatic heterocycles. The quantitative estimate of drug-likeness (QED) is 0.638. The van der Waals surface area contributed by atoms with E-state index in [9.17, 15) is 17.2 Å². The topological polar surface area (TPSA) is 55.8 Å². The van der Waals surface area contributed by atoms with Gasteiger partial charge in [0.1, 0.15) is 17.3 Å². The van der Waals surface area contributed by atoms with Crippen LogP contribution in [-0.4, -0.2) is 51.5 Å². The lowest BCUT2D eigenvalue weighted by Gasteiger charge is -2.37. The summed E-state index contributed by atoms with van der Waals surface area (Å²) in [4.78, 5) is 2.08. The van der Waals surface area contributed by atoms with Gasteiger partial charge in [-0.1, -0.05) is 6.07 Å². The third-order valence-electron chi connectivity index (χ3n) is 6.51. The molecule has 0 N–H and O–H groups in total. The Hall–Kier alpha value is -2.26. The smallest absolute Gasteiger partial charge is 0.182 e. The number of piperidine rings is 1. The van der Waals surface area contributed by atoms with Crippen molar-refractivity contribution in [3.63, 3.8) is 0 Å². The molecular formula is C23H26F3NO4S. The number of benzene rings is 2. The van der Waals surface area contributed by atoms with Gasteiger partial charge in [0.2, 0.25) is 0 Å². The number of nitrogens with zero attached hydrogens (tertiary/aromatic N) is 1. The highest BCUT2D eigenvalue weighted by Crippen LogP contribution is 2.43. The number of hydrogen-bond donors (Lipinski definition) is 0. The van der Waals surface area contributed by atoms with Gasteiger partial charge in [-0.25, -0.2) is 21.6 Å². The summed E-state index contributed by atoms with van der Waals surface area (Å²) in [7, 11) is -0.772.